The van der Waals surface area contributed by atoms with Crippen molar-refractivity contribution in [3.05, 3.63) is 90.5 Å². The minimum absolute atomic E-state index is 0.00441. The van der Waals surface area contributed by atoms with Crippen LogP contribution in [0.25, 0.3) is 0 Å². The maximum absolute atomic E-state index is 13.5. The van der Waals surface area contributed by atoms with Gasteiger partial charge in [0.15, 0.2) is 18.8 Å². The average molecular weight is 829 g/mol. The van der Waals surface area contributed by atoms with Gasteiger partial charge in [-0.2, -0.15) is 0 Å². The zero-order valence-corrected chi connectivity index (χ0v) is 30.7. The first-order valence-electron chi connectivity index (χ1n) is 16.3. The van der Waals surface area contributed by atoms with Crippen molar-refractivity contribution in [3.63, 3.8) is 0 Å². The van der Waals surface area contributed by atoms with Crippen molar-refractivity contribution in [2.24, 2.45) is 11.5 Å². The van der Waals surface area contributed by atoms with Gasteiger partial charge in [0.25, 0.3) is 11.8 Å². The van der Waals surface area contributed by atoms with E-state index in [2.05, 4.69) is 24.7 Å². The largest absolute Gasteiger partial charge is 0.481 e. The first kappa shape index (κ1) is 42.6. The SMILES string of the molecule is NC(=O)c1ncn([C@@H]2O[C@H](COP(=O)(COc3ccccc3)OCc3ccccc3)[C@@H](O)C2O)n1.NC(=O)c1ncn([C@@H]2O[C@H](COP(=O)(O)O)[C@@H](O)C2O)n1. The number of phosphoric ester groups is 1. The minimum Gasteiger partial charge on any atom is -0.481 e. The summed E-state index contributed by atoms with van der Waals surface area (Å²) in [4.78, 5) is 46.6. The van der Waals surface area contributed by atoms with Gasteiger partial charge in [0.1, 0.15) is 55.0 Å². The molecule has 2 aliphatic heterocycles. The fourth-order valence-electron chi connectivity index (χ4n) is 5.08. The van der Waals surface area contributed by atoms with E-state index in [1.165, 1.54) is 0 Å². The van der Waals surface area contributed by atoms with Crippen LogP contribution in [0, 0.1) is 0 Å². The molecule has 3 unspecified atom stereocenters. The fourth-order valence-corrected chi connectivity index (χ4v) is 6.67. The number of nitrogens with two attached hydrogens (primary N) is 2. The molecular weight excluding hydrogens is 790 g/mol. The molecule has 304 valence electrons. The average Bonchev–Trinajstić information content (AvgIpc) is 3.97. The zero-order chi connectivity index (χ0) is 40.6. The molecule has 2 fully saturated rings. The molecule has 56 heavy (non-hydrogen) atoms. The molecule has 0 saturated carbocycles. The number of aliphatic hydroxyl groups excluding tert-OH is 4. The number of amides is 2. The number of benzene rings is 2. The van der Waals surface area contributed by atoms with Crippen LogP contribution in [0.3, 0.4) is 0 Å². The Hall–Kier alpha value is -4.52. The number of aromatic nitrogens is 6. The number of hydrogen-bond donors (Lipinski definition) is 8. The lowest BCUT2D eigenvalue weighted by molar-refractivity contribution is -0.0581. The molecule has 26 heteroatoms. The Balaban J connectivity index is 0.000000244. The van der Waals surface area contributed by atoms with Crippen LogP contribution in [-0.2, 0) is 38.8 Å². The van der Waals surface area contributed by atoms with Gasteiger partial charge in [-0.3, -0.25) is 18.7 Å². The van der Waals surface area contributed by atoms with E-state index in [-0.39, 0.29) is 31.2 Å². The summed E-state index contributed by atoms with van der Waals surface area (Å²) in [6.07, 6.45) is -8.58. The third kappa shape index (κ3) is 11.3. The van der Waals surface area contributed by atoms with Gasteiger partial charge in [-0.15, -0.1) is 10.2 Å². The highest BCUT2D eigenvalue weighted by atomic mass is 31.2. The predicted octanol–water partition coefficient (Wildman–Crippen LogP) is -1.44. The molecule has 10 N–H and O–H groups in total. The molecule has 0 spiro atoms. The van der Waals surface area contributed by atoms with Crippen molar-refractivity contribution in [2.45, 2.75) is 55.7 Å². The van der Waals surface area contributed by atoms with E-state index in [0.717, 1.165) is 27.6 Å². The Kier molecular flexibility index (Phi) is 14.2. The normalized spacial score (nSPS) is 25.9. The van der Waals surface area contributed by atoms with Gasteiger partial charge in [0, 0.05) is 0 Å². The zero-order valence-electron chi connectivity index (χ0n) is 28.9. The number of para-hydroxylation sites is 1. The lowest BCUT2D eigenvalue weighted by Gasteiger charge is -2.22. The van der Waals surface area contributed by atoms with Gasteiger partial charge in [-0.05, 0) is 17.7 Å². The monoisotopic (exact) mass is 828 g/mol. The smallest absolute Gasteiger partial charge is 0.469 e. The highest BCUT2D eigenvalue weighted by molar-refractivity contribution is 7.53. The van der Waals surface area contributed by atoms with E-state index in [0.29, 0.717) is 5.75 Å². The number of nitrogens with zero attached hydrogens (tertiary/aromatic N) is 6. The summed E-state index contributed by atoms with van der Waals surface area (Å²) in [5.74, 6) is -1.85. The van der Waals surface area contributed by atoms with Crippen LogP contribution in [0.5, 0.6) is 5.75 Å². The second kappa shape index (κ2) is 18.6. The van der Waals surface area contributed by atoms with Gasteiger partial charge >= 0.3 is 15.4 Å². The molecule has 2 aromatic carbocycles. The van der Waals surface area contributed by atoms with Crippen LogP contribution in [0.4, 0.5) is 0 Å². The number of carbonyl (C=O) groups is 2. The van der Waals surface area contributed by atoms with E-state index in [4.69, 9.17) is 44.5 Å². The number of rotatable bonds is 16. The summed E-state index contributed by atoms with van der Waals surface area (Å²) in [5, 5.41) is 47.9. The number of hydrogen-bond acceptors (Lipinski definition) is 18. The molecule has 4 aromatic rings. The van der Waals surface area contributed by atoms with Gasteiger partial charge in [-0.25, -0.2) is 23.9 Å². The summed E-state index contributed by atoms with van der Waals surface area (Å²) in [7, 11) is -8.57. The van der Waals surface area contributed by atoms with Crippen molar-refractivity contribution in [2.75, 3.05) is 19.6 Å². The highest BCUT2D eigenvalue weighted by Crippen LogP contribution is 2.50. The van der Waals surface area contributed by atoms with Crippen LogP contribution in [0.15, 0.2) is 73.3 Å². The molecule has 2 aliphatic rings. The van der Waals surface area contributed by atoms with Crippen molar-refractivity contribution in [3.8, 4) is 5.75 Å². The third-order valence-electron chi connectivity index (χ3n) is 7.90. The first-order valence-corrected chi connectivity index (χ1v) is 19.5. The second-order valence-electron chi connectivity index (χ2n) is 12.0. The first-order chi connectivity index (χ1) is 26.5. The summed E-state index contributed by atoms with van der Waals surface area (Å²) in [6, 6.07) is 17.9. The minimum atomic E-state index is -4.73. The lowest BCUT2D eigenvalue weighted by Crippen LogP contribution is -2.34. The van der Waals surface area contributed by atoms with E-state index < -0.39 is 82.9 Å². The van der Waals surface area contributed by atoms with Crippen LogP contribution < -0.4 is 16.2 Å². The maximum Gasteiger partial charge on any atom is 0.469 e. The molecule has 0 aliphatic carbocycles. The predicted molar refractivity (Wildman–Crippen MR) is 184 cm³/mol. The van der Waals surface area contributed by atoms with E-state index >= 15 is 0 Å². The standard InChI is InChI=1S/C22H25N4O8P.C8H13N4O8P/c23-20(29)21-24-13-26(25-21)22-19(28)18(27)17(34-22)12-33-35(30,14-31-16-9-5-2-6-10-16)32-11-15-7-3-1-4-8-15;9-6(15)7-10-2-12(11-7)8-5(14)4(13)3(20-8)1-19-21(16,17)18/h1-10,13,17-19,22,27-28H,11-12,14H2,(H2,23,29);2-5,8,13-14H,1H2,(H2,9,15)(H2,16,17,18)/t17-,18-,19?,22-,35?;3-,4-,5?,8-/m11/s1. The lowest BCUT2D eigenvalue weighted by atomic mass is 10.1. The number of primary amides is 2. The van der Waals surface area contributed by atoms with Crippen LogP contribution in [0.2, 0.25) is 0 Å². The second-order valence-corrected chi connectivity index (χ2v) is 15.2. The van der Waals surface area contributed by atoms with Gasteiger partial charge in [-0.1, -0.05) is 48.5 Å². The van der Waals surface area contributed by atoms with Gasteiger partial charge in [0.05, 0.1) is 19.8 Å². The molecule has 24 nitrogen and oxygen atoms in total. The van der Waals surface area contributed by atoms with Crippen molar-refractivity contribution in [1.29, 1.82) is 0 Å². The topological polar surface area (TPSA) is 359 Å². The van der Waals surface area contributed by atoms with Crippen molar-refractivity contribution < 1.29 is 76.7 Å². The molecule has 2 saturated heterocycles. The molecule has 9 atom stereocenters. The number of carbonyl (C=O) groups excluding carboxylic acids is 2. The molecule has 6 rings (SSSR count). The van der Waals surface area contributed by atoms with E-state index in [9.17, 15) is 39.1 Å². The van der Waals surface area contributed by atoms with E-state index in [1.807, 2.05) is 36.4 Å². The number of phosphoric acid groups is 1. The number of ether oxygens (including phenoxy) is 3. The van der Waals surface area contributed by atoms with E-state index in [1.54, 1.807) is 24.3 Å². The molecule has 0 radical (unpaired) electrons. The summed E-state index contributed by atoms with van der Waals surface area (Å²) < 4.78 is 58.0. The quantitative estimate of drug-likeness (QED) is 0.0600. The van der Waals surface area contributed by atoms with Crippen molar-refractivity contribution in [1.82, 2.24) is 29.5 Å². The molecule has 0 bridgehead atoms. The molecular formula is C30H38N8O16P2. The number of aliphatic hydroxyl groups is 4. The third-order valence-corrected chi connectivity index (χ3v) is 9.90. The Morgan fingerprint density at radius 1 is 0.696 bits per heavy atom. The highest BCUT2D eigenvalue weighted by Gasteiger charge is 2.46. The fraction of sp³-hybridized carbons (Fsp3) is 0.400. The maximum atomic E-state index is 13.5. The molecule has 4 heterocycles. The Morgan fingerprint density at radius 2 is 1.16 bits per heavy atom. The molecule has 2 amide bonds. The van der Waals surface area contributed by atoms with Crippen LogP contribution in [-0.4, -0.2) is 128 Å². The van der Waals surface area contributed by atoms with Crippen LogP contribution >= 0.6 is 15.4 Å². The molecule has 2 aromatic heterocycles. The van der Waals surface area contributed by atoms with Crippen molar-refractivity contribution >= 4 is 27.2 Å². The Labute approximate surface area is 316 Å². The Morgan fingerprint density at radius 3 is 1.61 bits per heavy atom. The summed E-state index contributed by atoms with van der Waals surface area (Å²) in [6.45, 7) is -1.02. The summed E-state index contributed by atoms with van der Waals surface area (Å²) in [5.41, 5.74) is 10.9. The van der Waals surface area contributed by atoms with Crippen LogP contribution in [0.1, 0.15) is 39.3 Å². The summed E-state index contributed by atoms with van der Waals surface area (Å²) >= 11 is 0. The van der Waals surface area contributed by atoms with Gasteiger partial charge < -0.3 is 64.9 Å². The van der Waals surface area contributed by atoms with Gasteiger partial charge in [0.2, 0.25) is 11.6 Å². The Bertz CT molecular complexity index is 1960.